The van der Waals surface area contributed by atoms with Crippen LogP contribution in [0.15, 0.2) is 53.3 Å². The van der Waals surface area contributed by atoms with E-state index in [1.807, 2.05) is 0 Å². The van der Waals surface area contributed by atoms with Crippen molar-refractivity contribution in [1.29, 1.82) is 0 Å². The molecule has 0 fully saturated rings. The number of nitrogens with zero attached hydrogens (tertiary/aromatic N) is 1. The number of carboxylic acid groups (broad SMARTS) is 1. The maximum atomic E-state index is 13.4. The fourth-order valence-electron chi connectivity index (χ4n) is 3.01. The van der Waals surface area contributed by atoms with E-state index in [1.54, 1.807) is 0 Å². The third-order valence-electron chi connectivity index (χ3n) is 4.42. The number of nitrogens with one attached hydrogen (secondary N) is 2. The summed E-state index contributed by atoms with van der Waals surface area (Å²) in [6.07, 6.45) is -5.57. The van der Waals surface area contributed by atoms with E-state index in [0.29, 0.717) is 0 Å². The lowest BCUT2D eigenvalue weighted by atomic mass is 10.0. The molecule has 1 unspecified atom stereocenters. The zero-order valence-electron chi connectivity index (χ0n) is 15.9. The van der Waals surface area contributed by atoms with Gasteiger partial charge in [-0.3, -0.25) is 19.5 Å². The number of halogens is 5. The van der Waals surface area contributed by atoms with Gasteiger partial charge in [-0.15, -0.1) is 0 Å². The summed E-state index contributed by atoms with van der Waals surface area (Å²) in [4.78, 5) is 36.1. The first kappa shape index (κ1) is 23.1. The largest absolute Gasteiger partial charge is 0.481 e. The predicted molar refractivity (Wildman–Crippen MR) is 105 cm³/mol. The van der Waals surface area contributed by atoms with Crippen LogP contribution < -0.4 is 10.9 Å². The minimum Gasteiger partial charge on any atom is -0.481 e. The van der Waals surface area contributed by atoms with Crippen molar-refractivity contribution < 1.29 is 32.3 Å². The lowest BCUT2D eigenvalue weighted by Crippen LogP contribution is -2.31. The number of aromatic amines is 1. The Hall–Kier alpha value is -3.60. The number of aliphatic carboxylic acids is 1. The number of carbonyl (C=O) groups excluding carboxylic acids is 1. The first-order valence-electron chi connectivity index (χ1n) is 8.93. The van der Waals surface area contributed by atoms with Crippen molar-refractivity contribution in [2.45, 2.75) is 18.6 Å². The van der Waals surface area contributed by atoms with Crippen molar-refractivity contribution in [2.75, 3.05) is 0 Å². The average molecular weight is 472 g/mol. The Labute approximate surface area is 182 Å². The molecule has 0 radical (unpaired) electrons. The predicted octanol–water partition coefficient (Wildman–Crippen LogP) is 3.92. The third-order valence-corrected chi connectivity index (χ3v) is 4.85. The van der Waals surface area contributed by atoms with Gasteiger partial charge in [-0.25, -0.2) is 9.07 Å². The number of carbonyl (C=O) groups is 2. The Balaban J connectivity index is 1.94. The second-order valence-corrected chi connectivity index (χ2v) is 7.03. The van der Waals surface area contributed by atoms with Crippen LogP contribution in [-0.2, 0) is 11.0 Å². The molecule has 3 aromatic rings. The lowest BCUT2D eigenvalue weighted by Gasteiger charge is -2.20. The van der Waals surface area contributed by atoms with Gasteiger partial charge in [-0.2, -0.15) is 13.2 Å². The number of hydrogen-bond acceptors (Lipinski definition) is 3. The molecular formula is C20H14ClF4N3O4. The number of H-pyrrole nitrogens is 1. The van der Waals surface area contributed by atoms with Gasteiger partial charge in [-0.1, -0.05) is 29.8 Å². The highest BCUT2D eigenvalue weighted by Gasteiger charge is 2.35. The van der Waals surface area contributed by atoms with E-state index < -0.39 is 52.5 Å². The standard InChI is InChI=1S/C20H14ClF4N3O4/c21-18-12(5-2-6-13(18)20(23,24)25)14(9-17(30)31)26-19(32)15-8-16(29)28(27-15)11-4-1-3-10(22)7-11/h1-8,14,27H,9H2,(H,26,32)(H,30,31). The molecule has 3 rings (SSSR count). The molecule has 0 bridgehead atoms. The van der Waals surface area contributed by atoms with Crippen LogP contribution in [0.1, 0.15) is 34.1 Å². The molecule has 0 aliphatic rings. The van der Waals surface area contributed by atoms with Gasteiger partial charge < -0.3 is 10.4 Å². The van der Waals surface area contributed by atoms with Gasteiger partial charge in [0.05, 0.1) is 28.7 Å². The Morgan fingerprint density at radius 3 is 2.47 bits per heavy atom. The second kappa shape index (κ2) is 8.87. The zero-order valence-corrected chi connectivity index (χ0v) is 16.7. The van der Waals surface area contributed by atoms with Crippen LogP contribution in [0.2, 0.25) is 5.02 Å². The van der Waals surface area contributed by atoms with E-state index in [0.717, 1.165) is 41.1 Å². The third kappa shape index (κ3) is 4.99. The van der Waals surface area contributed by atoms with E-state index in [1.165, 1.54) is 12.1 Å². The quantitative estimate of drug-likeness (QED) is 0.474. The van der Waals surface area contributed by atoms with E-state index in [4.69, 9.17) is 16.7 Å². The molecule has 168 valence electrons. The summed E-state index contributed by atoms with van der Waals surface area (Å²) >= 11 is 5.86. The van der Waals surface area contributed by atoms with Gasteiger partial charge in [-0.05, 0) is 29.8 Å². The minimum absolute atomic E-state index is 0.0945. The SMILES string of the molecule is O=C(O)CC(NC(=O)c1cc(=O)n(-c2cccc(F)c2)[nH]1)c1cccc(C(F)(F)F)c1Cl. The number of rotatable bonds is 6. The second-order valence-electron chi connectivity index (χ2n) is 6.65. The minimum atomic E-state index is -4.79. The average Bonchev–Trinajstić information content (AvgIpc) is 3.08. The van der Waals surface area contributed by atoms with Crippen molar-refractivity contribution in [3.05, 3.63) is 86.5 Å². The van der Waals surface area contributed by atoms with Crippen LogP contribution in [0.3, 0.4) is 0 Å². The summed E-state index contributed by atoms with van der Waals surface area (Å²) in [6, 6.07) is 7.30. The van der Waals surface area contributed by atoms with Gasteiger partial charge >= 0.3 is 12.1 Å². The van der Waals surface area contributed by atoms with Gasteiger partial charge in [0.2, 0.25) is 0 Å². The molecule has 0 saturated heterocycles. The molecule has 1 amide bonds. The van der Waals surface area contributed by atoms with Crippen LogP contribution in [0.5, 0.6) is 0 Å². The molecule has 2 aromatic carbocycles. The number of hydrogen-bond donors (Lipinski definition) is 3. The molecular weight excluding hydrogens is 458 g/mol. The van der Waals surface area contributed by atoms with Gasteiger partial charge in [0.15, 0.2) is 0 Å². The maximum Gasteiger partial charge on any atom is 0.417 e. The number of aromatic nitrogens is 2. The van der Waals surface area contributed by atoms with Gasteiger partial charge in [0.25, 0.3) is 11.5 Å². The van der Waals surface area contributed by atoms with Crippen molar-refractivity contribution in [2.24, 2.45) is 0 Å². The highest BCUT2D eigenvalue weighted by Crippen LogP contribution is 2.38. The summed E-state index contributed by atoms with van der Waals surface area (Å²) < 4.78 is 53.8. The van der Waals surface area contributed by atoms with Crippen LogP contribution >= 0.6 is 11.6 Å². The number of amides is 1. The fourth-order valence-corrected chi connectivity index (χ4v) is 3.37. The molecule has 0 aliphatic heterocycles. The van der Waals surface area contributed by atoms with Crippen LogP contribution in [0.25, 0.3) is 5.69 Å². The van der Waals surface area contributed by atoms with Crippen molar-refractivity contribution in [3.8, 4) is 5.69 Å². The van der Waals surface area contributed by atoms with Crippen molar-refractivity contribution >= 4 is 23.5 Å². The first-order chi connectivity index (χ1) is 15.0. The summed E-state index contributed by atoms with van der Waals surface area (Å²) in [5, 5.41) is 13.1. The van der Waals surface area contributed by atoms with Crippen molar-refractivity contribution in [1.82, 2.24) is 15.1 Å². The Kier molecular flexibility index (Phi) is 6.40. The monoisotopic (exact) mass is 471 g/mol. The highest BCUT2D eigenvalue weighted by molar-refractivity contribution is 6.32. The van der Waals surface area contributed by atoms with Gasteiger partial charge in [0, 0.05) is 6.07 Å². The van der Waals surface area contributed by atoms with Crippen LogP contribution in [-0.4, -0.2) is 26.8 Å². The van der Waals surface area contributed by atoms with Gasteiger partial charge in [0.1, 0.15) is 11.5 Å². The number of alkyl halides is 3. The Bertz CT molecular complexity index is 1240. The summed E-state index contributed by atoms with van der Waals surface area (Å²) in [6.45, 7) is 0. The highest BCUT2D eigenvalue weighted by atomic mass is 35.5. The first-order valence-corrected chi connectivity index (χ1v) is 9.31. The molecule has 1 aromatic heterocycles. The Morgan fingerprint density at radius 2 is 1.84 bits per heavy atom. The maximum absolute atomic E-state index is 13.4. The number of benzene rings is 2. The molecule has 3 N–H and O–H groups in total. The topological polar surface area (TPSA) is 104 Å². The van der Waals surface area contributed by atoms with E-state index in [9.17, 15) is 31.9 Å². The number of carboxylic acids is 1. The molecule has 32 heavy (non-hydrogen) atoms. The molecule has 0 spiro atoms. The molecule has 0 saturated carbocycles. The van der Waals surface area contributed by atoms with E-state index >= 15 is 0 Å². The molecule has 12 heteroatoms. The molecule has 7 nitrogen and oxygen atoms in total. The smallest absolute Gasteiger partial charge is 0.417 e. The lowest BCUT2D eigenvalue weighted by molar-refractivity contribution is -0.138. The normalized spacial score (nSPS) is 12.4. The fraction of sp³-hybridized carbons (Fsp3) is 0.150. The Morgan fingerprint density at radius 1 is 1.16 bits per heavy atom. The molecule has 1 heterocycles. The molecule has 1 atom stereocenters. The van der Waals surface area contributed by atoms with Crippen LogP contribution in [0.4, 0.5) is 17.6 Å². The molecule has 0 aliphatic carbocycles. The summed E-state index contributed by atoms with van der Waals surface area (Å²) in [5.41, 5.74) is -2.39. The van der Waals surface area contributed by atoms with Crippen LogP contribution in [0, 0.1) is 5.82 Å². The summed E-state index contributed by atoms with van der Waals surface area (Å²) in [7, 11) is 0. The zero-order chi connectivity index (χ0) is 23.6. The van der Waals surface area contributed by atoms with E-state index in [2.05, 4.69) is 10.4 Å². The van der Waals surface area contributed by atoms with Crippen molar-refractivity contribution in [3.63, 3.8) is 0 Å². The summed E-state index contributed by atoms with van der Waals surface area (Å²) in [5.74, 6) is -3.01. The van der Waals surface area contributed by atoms with E-state index in [-0.39, 0.29) is 16.9 Å².